The Labute approximate surface area is 132 Å². The second kappa shape index (κ2) is 5.13. The largest absolute Gasteiger partial charge is 0.347 e. The maximum atomic E-state index is 12.6. The lowest BCUT2D eigenvalue weighted by Gasteiger charge is -2.24. The van der Waals surface area contributed by atoms with Gasteiger partial charge in [-0.1, -0.05) is 61.9 Å². The number of allylic oxidation sites excluding steroid dienone is 2. The zero-order valence-corrected chi connectivity index (χ0v) is 13.6. The summed E-state index contributed by atoms with van der Waals surface area (Å²) in [7, 11) is 2.03. The molecule has 0 aliphatic carbocycles. The Bertz CT molecular complexity index is 754. The number of fused-ring (bicyclic) bond motifs is 1. The normalized spacial score (nSPS) is 17.6. The molecule has 2 heteroatoms. The van der Waals surface area contributed by atoms with Crippen molar-refractivity contribution in [3.8, 4) is 0 Å². The summed E-state index contributed by atoms with van der Waals surface area (Å²) < 4.78 is 0. The van der Waals surface area contributed by atoms with Crippen LogP contribution < -0.4 is 4.90 Å². The van der Waals surface area contributed by atoms with Gasteiger partial charge in [0.2, 0.25) is 0 Å². The highest BCUT2D eigenvalue weighted by atomic mass is 16.1. The smallest absolute Gasteiger partial charge is 0.187 e. The molecule has 1 heterocycles. The summed E-state index contributed by atoms with van der Waals surface area (Å²) in [6, 6.07) is 16.1. The number of carbonyl (C=O) groups excluding carboxylic acids is 1. The van der Waals surface area contributed by atoms with Crippen molar-refractivity contribution in [1.82, 2.24) is 0 Å². The average molecular weight is 291 g/mol. The third-order valence-electron chi connectivity index (χ3n) is 4.54. The number of hydrogen-bond donors (Lipinski definition) is 0. The second-order valence-corrected chi connectivity index (χ2v) is 6.46. The molecule has 0 bridgehead atoms. The van der Waals surface area contributed by atoms with Gasteiger partial charge in [-0.05, 0) is 18.6 Å². The van der Waals surface area contributed by atoms with Crippen molar-refractivity contribution in [3.05, 3.63) is 77.0 Å². The van der Waals surface area contributed by atoms with E-state index in [1.165, 1.54) is 11.3 Å². The number of carbonyl (C=O) groups is 1. The molecule has 0 saturated heterocycles. The van der Waals surface area contributed by atoms with Gasteiger partial charge in [0.05, 0.1) is 0 Å². The Morgan fingerprint density at radius 1 is 1.05 bits per heavy atom. The first-order chi connectivity index (χ1) is 10.4. The summed E-state index contributed by atoms with van der Waals surface area (Å²) in [5, 5.41) is 0. The quantitative estimate of drug-likeness (QED) is 0.600. The Morgan fingerprint density at radius 2 is 1.68 bits per heavy atom. The van der Waals surface area contributed by atoms with Crippen molar-refractivity contribution in [2.45, 2.75) is 26.2 Å². The van der Waals surface area contributed by atoms with Crippen LogP contribution >= 0.6 is 0 Å². The number of hydrogen-bond acceptors (Lipinski definition) is 2. The van der Waals surface area contributed by atoms with Gasteiger partial charge >= 0.3 is 0 Å². The van der Waals surface area contributed by atoms with Crippen LogP contribution in [-0.4, -0.2) is 12.8 Å². The molecule has 22 heavy (non-hydrogen) atoms. The van der Waals surface area contributed by atoms with E-state index in [4.69, 9.17) is 0 Å². The molecule has 0 fully saturated rings. The van der Waals surface area contributed by atoms with E-state index in [9.17, 15) is 4.79 Å². The minimum absolute atomic E-state index is 0.0581. The van der Waals surface area contributed by atoms with Crippen LogP contribution in [0.3, 0.4) is 0 Å². The first-order valence-electron chi connectivity index (χ1n) is 7.57. The number of aryl methyl sites for hydroxylation is 1. The number of rotatable bonds is 2. The van der Waals surface area contributed by atoms with E-state index in [0.717, 1.165) is 16.8 Å². The van der Waals surface area contributed by atoms with E-state index in [1.807, 2.05) is 44.3 Å². The molecule has 0 atom stereocenters. The lowest BCUT2D eigenvalue weighted by atomic mass is 9.83. The van der Waals surface area contributed by atoms with E-state index in [-0.39, 0.29) is 11.2 Å². The zero-order valence-electron chi connectivity index (χ0n) is 13.6. The molecule has 0 unspecified atom stereocenters. The van der Waals surface area contributed by atoms with Gasteiger partial charge in [-0.25, -0.2) is 0 Å². The minimum atomic E-state index is -0.161. The Hall–Kier alpha value is -2.35. The molecule has 2 nitrogen and oxygen atoms in total. The molecule has 1 aliphatic rings. The monoisotopic (exact) mass is 291 g/mol. The molecule has 0 spiro atoms. The number of para-hydroxylation sites is 1. The van der Waals surface area contributed by atoms with Gasteiger partial charge in [0.1, 0.15) is 0 Å². The predicted octanol–water partition coefficient (Wildman–Crippen LogP) is 4.49. The van der Waals surface area contributed by atoms with Gasteiger partial charge in [-0.15, -0.1) is 0 Å². The fourth-order valence-electron chi connectivity index (χ4n) is 3.18. The summed E-state index contributed by atoms with van der Waals surface area (Å²) in [5.41, 5.74) is 5.22. The van der Waals surface area contributed by atoms with Crippen molar-refractivity contribution in [1.29, 1.82) is 0 Å². The van der Waals surface area contributed by atoms with E-state index >= 15 is 0 Å². The summed E-state index contributed by atoms with van der Waals surface area (Å²) in [4.78, 5) is 14.7. The molecule has 2 aromatic rings. The van der Waals surface area contributed by atoms with Crippen LogP contribution in [-0.2, 0) is 5.41 Å². The van der Waals surface area contributed by atoms with Crippen LogP contribution in [0.1, 0.15) is 35.3 Å². The van der Waals surface area contributed by atoms with Crippen LogP contribution in [0, 0.1) is 6.92 Å². The predicted molar refractivity (Wildman–Crippen MR) is 91.5 cm³/mol. The first-order valence-corrected chi connectivity index (χ1v) is 7.57. The molecule has 0 aromatic heterocycles. The van der Waals surface area contributed by atoms with Crippen molar-refractivity contribution in [2.24, 2.45) is 0 Å². The number of ketones is 1. The van der Waals surface area contributed by atoms with Crippen molar-refractivity contribution < 1.29 is 4.79 Å². The lowest BCUT2D eigenvalue weighted by molar-refractivity contribution is 0.104. The molecule has 1 aliphatic heterocycles. The molecule has 2 aromatic carbocycles. The third-order valence-corrected chi connectivity index (χ3v) is 4.54. The van der Waals surface area contributed by atoms with Gasteiger partial charge in [0.25, 0.3) is 0 Å². The van der Waals surface area contributed by atoms with Gasteiger partial charge in [-0.2, -0.15) is 0 Å². The molecule has 0 N–H and O–H groups in total. The molecule has 0 saturated carbocycles. The highest BCUT2D eigenvalue weighted by molar-refractivity contribution is 6.05. The maximum Gasteiger partial charge on any atom is 0.187 e. The van der Waals surface area contributed by atoms with Crippen molar-refractivity contribution in [3.63, 3.8) is 0 Å². The molecular formula is C20H21NO. The maximum absolute atomic E-state index is 12.6. The highest BCUT2D eigenvalue weighted by Gasteiger charge is 2.38. The Balaban J connectivity index is 2.01. The fraction of sp³-hybridized carbons (Fsp3) is 0.250. The number of likely N-dealkylation sites (N-methyl/N-ethyl adjacent to an activating group) is 1. The number of benzene rings is 2. The minimum Gasteiger partial charge on any atom is -0.347 e. The first kappa shape index (κ1) is 14.6. The van der Waals surface area contributed by atoms with Crippen LogP contribution in [0.4, 0.5) is 5.69 Å². The molecule has 3 rings (SSSR count). The molecule has 112 valence electrons. The topological polar surface area (TPSA) is 20.3 Å². The van der Waals surface area contributed by atoms with Gasteiger partial charge in [0.15, 0.2) is 5.78 Å². The summed E-state index contributed by atoms with van der Waals surface area (Å²) >= 11 is 0. The Morgan fingerprint density at radius 3 is 2.32 bits per heavy atom. The van der Waals surface area contributed by atoms with E-state index < -0.39 is 0 Å². The van der Waals surface area contributed by atoms with E-state index in [2.05, 4.69) is 36.9 Å². The molecule has 0 amide bonds. The second-order valence-electron chi connectivity index (χ2n) is 6.46. The van der Waals surface area contributed by atoms with Crippen LogP contribution in [0.25, 0.3) is 0 Å². The van der Waals surface area contributed by atoms with Crippen LogP contribution in [0.5, 0.6) is 0 Å². The van der Waals surface area contributed by atoms with E-state index in [1.54, 1.807) is 6.08 Å². The summed E-state index contributed by atoms with van der Waals surface area (Å²) in [5.74, 6) is 0.0581. The fourth-order valence-corrected chi connectivity index (χ4v) is 3.18. The van der Waals surface area contributed by atoms with Gasteiger partial charge in [0, 0.05) is 35.5 Å². The van der Waals surface area contributed by atoms with Crippen LogP contribution in [0.2, 0.25) is 0 Å². The number of anilines is 1. The summed E-state index contributed by atoms with van der Waals surface area (Å²) in [6.45, 7) is 6.37. The SMILES string of the molecule is Cc1ccc(C(=O)C=C2N(C)c3ccccc3C2(C)C)cc1. The Kier molecular flexibility index (Phi) is 3.40. The molecular weight excluding hydrogens is 270 g/mol. The lowest BCUT2D eigenvalue weighted by Crippen LogP contribution is -2.24. The van der Waals surface area contributed by atoms with Crippen LogP contribution in [0.15, 0.2) is 60.3 Å². The van der Waals surface area contributed by atoms with Crippen molar-refractivity contribution in [2.75, 3.05) is 11.9 Å². The third kappa shape index (κ3) is 2.25. The zero-order chi connectivity index (χ0) is 15.9. The van der Waals surface area contributed by atoms with Crippen molar-refractivity contribution >= 4 is 11.5 Å². The molecule has 0 radical (unpaired) electrons. The standard InChI is InChI=1S/C20H21NO/c1-14-9-11-15(12-10-14)18(22)13-19-20(2,3)16-7-5-6-8-17(16)21(19)4/h5-13H,1-4H3. The van der Waals surface area contributed by atoms with Gasteiger partial charge in [-0.3, -0.25) is 4.79 Å². The average Bonchev–Trinajstić information content (AvgIpc) is 2.69. The number of nitrogens with zero attached hydrogens (tertiary/aromatic N) is 1. The van der Waals surface area contributed by atoms with E-state index in [0.29, 0.717) is 0 Å². The van der Waals surface area contributed by atoms with Gasteiger partial charge < -0.3 is 4.90 Å². The highest BCUT2D eigenvalue weighted by Crippen LogP contribution is 2.46. The summed E-state index contributed by atoms with van der Waals surface area (Å²) in [6.07, 6.45) is 1.78.